The molecule has 0 saturated heterocycles. The van der Waals surface area contributed by atoms with Gasteiger partial charge in [0.25, 0.3) is 0 Å². The van der Waals surface area contributed by atoms with Crippen molar-refractivity contribution >= 4 is 136 Å². The van der Waals surface area contributed by atoms with Crippen LogP contribution in [-0.4, -0.2) is 54.9 Å². The van der Waals surface area contributed by atoms with Gasteiger partial charge in [0.2, 0.25) is 0 Å². The van der Waals surface area contributed by atoms with E-state index in [4.69, 9.17) is 0 Å². The van der Waals surface area contributed by atoms with E-state index >= 15 is 0 Å². The maximum absolute atomic E-state index is 2.42. The lowest BCUT2D eigenvalue weighted by Gasteiger charge is -2.28. The standard InChI is InChI=1S/C46H37B7/c47-40-35(27-10-2-1-3-11-27)41(48)42(49)37-33(28-18-14-26(15-19-28)31-20-16-24-8-4-6-12-29(24)22-31)38-39(44(51)46(53)45(52)43(38)50)34(36(37)40)32-21-17-25-9-5-7-13-30(25)23-32/h1-23H,47-53H2. The maximum Gasteiger partial charge on any atom is 0.140 e. The van der Waals surface area contributed by atoms with Crippen molar-refractivity contribution in [2.24, 2.45) is 0 Å². The van der Waals surface area contributed by atoms with Gasteiger partial charge in [0.15, 0.2) is 0 Å². The van der Waals surface area contributed by atoms with Crippen molar-refractivity contribution in [1.82, 2.24) is 0 Å². The molecule has 0 fully saturated rings. The van der Waals surface area contributed by atoms with Crippen molar-refractivity contribution in [3.8, 4) is 44.5 Å². The zero-order valence-electron chi connectivity index (χ0n) is 31.8. The molecule has 0 aliphatic heterocycles. The second kappa shape index (κ2) is 12.9. The Morgan fingerprint density at radius 3 is 1.17 bits per heavy atom. The van der Waals surface area contributed by atoms with Crippen molar-refractivity contribution < 1.29 is 0 Å². The Morgan fingerprint density at radius 2 is 0.604 bits per heavy atom. The van der Waals surface area contributed by atoms with Gasteiger partial charge in [0.05, 0.1) is 0 Å². The van der Waals surface area contributed by atoms with E-state index in [-0.39, 0.29) is 0 Å². The molecule has 9 aromatic carbocycles. The number of rotatable bonds is 4. The van der Waals surface area contributed by atoms with Crippen LogP contribution in [0.1, 0.15) is 0 Å². The largest absolute Gasteiger partial charge is 0.140 e. The summed E-state index contributed by atoms with van der Waals surface area (Å²) in [5, 5.41) is 10.5. The highest BCUT2D eigenvalue weighted by Gasteiger charge is 2.26. The van der Waals surface area contributed by atoms with E-state index in [1.807, 2.05) is 0 Å². The van der Waals surface area contributed by atoms with Crippen LogP contribution >= 0.6 is 0 Å². The molecule has 0 nitrogen and oxygen atoms in total. The summed E-state index contributed by atoms with van der Waals surface area (Å²) in [6.07, 6.45) is 0. The second-order valence-electron chi connectivity index (χ2n) is 15.1. The summed E-state index contributed by atoms with van der Waals surface area (Å²) in [7, 11) is 16.4. The van der Waals surface area contributed by atoms with Crippen molar-refractivity contribution in [3.05, 3.63) is 140 Å². The summed E-state index contributed by atoms with van der Waals surface area (Å²) in [6, 6.07) is 51.6. The van der Waals surface area contributed by atoms with E-state index in [2.05, 4.69) is 194 Å². The van der Waals surface area contributed by atoms with Crippen LogP contribution in [0.15, 0.2) is 140 Å². The van der Waals surface area contributed by atoms with Gasteiger partial charge in [-0.1, -0.05) is 155 Å². The van der Waals surface area contributed by atoms with Gasteiger partial charge >= 0.3 is 0 Å². The van der Waals surface area contributed by atoms with Gasteiger partial charge in [-0.25, -0.2) is 0 Å². The molecule has 0 saturated carbocycles. The summed E-state index contributed by atoms with van der Waals surface area (Å²) in [6.45, 7) is 0. The minimum absolute atomic E-state index is 1.23. The number of benzene rings is 9. The summed E-state index contributed by atoms with van der Waals surface area (Å²) in [4.78, 5) is 0. The van der Waals surface area contributed by atoms with E-state index < -0.39 is 0 Å². The highest BCUT2D eigenvalue weighted by molar-refractivity contribution is 6.69. The number of hydrogen-bond donors (Lipinski definition) is 0. The van der Waals surface area contributed by atoms with Crippen LogP contribution in [0.3, 0.4) is 0 Å². The summed E-state index contributed by atoms with van der Waals surface area (Å²) in [5.41, 5.74) is 19.8. The van der Waals surface area contributed by atoms with Crippen LogP contribution in [0.4, 0.5) is 0 Å². The van der Waals surface area contributed by atoms with Gasteiger partial charge in [0, 0.05) is 0 Å². The third kappa shape index (κ3) is 5.24. The quantitative estimate of drug-likeness (QED) is 0.193. The van der Waals surface area contributed by atoms with E-state index in [1.165, 1.54) is 126 Å². The predicted octanol–water partition coefficient (Wildman–Crippen LogP) is 0.776. The van der Waals surface area contributed by atoms with Crippen molar-refractivity contribution in [2.75, 3.05) is 0 Å². The first kappa shape index (κ1) is 33.3. The molecule has 0 atom stereocenters. The molecule has 9 aromatic rings. The van der Waals surface area contributed by atoms with Crippen LogP contribution in [0.25, 0.3) is 87.6 Å². The Bertz CT molecular complexity index is 2950. The Hall–Kier alpha value is -5.53. The fraction of sp³-hybridized carbons (Fsp3) is 0. The lowest BCUT2D eigenvalue weighted by Crippen LogP contribution is -2.48. The van der Waals surface area contributed by atoms with Gasteiger partial charge in [-0.05, 0) is 99.7 Å². The van der Waals surface area contributed by atoms with Crippen molar-refractivity contribution in [2.45, 2.75) is 0 Å². The molecular formula is C46H37B7. The van der Waals surface area contributed by atoms with E-state index in [0.29, 0.717) is 0 Å². The fourth-order valence-corrected chi connectivity index (χ4v) is 9.13. The molecule has 0 heterocycles. The van der Waals surface area contributed by atoms with Crippen LogP contribution in [0, 0.1) is 0 Å². The molecule has 0 bridgehead atoms. The number of fused-ring (bicyclic) bond motifs is 4. The molecule has 0 aliphatic rings. The maximum atomic E-state index is 2.42. The second-order valence-corrected chi connectivity index (χ2v) is 15.1. The van der Waals surface area contributed by atoms with Crippen LogP contribution in [-0.2, 0) is 0 Å². The predicted molar refractivity (Wildman–Crippen MR) is 255 cm³/mol. The smallest absolute Gasteiger partial charge is 0.101 e. The van der Waals surface area contributed by atoms with E-state index in [0.717, 1.165) is 0 Å². The lowest BCUT2D eigenvalue weighted by molar-refractivity contribution is 1.63. The molecule has 0 aliphatic carbocycles. The Balaban J connectivity index is 1.44. The molecule has 9 rings (SSSR count). The Kier molecular flexibility index (Phi) is 8.08. The normalized spacial score (nSPS) is 11.5. The van der Waals surface area contributed by atoms with Gasteiger partial charge in [-0.3, -0.25) is 0 Å². The molecule has 242 valence electrons. The Labute approximate surface area is 318 Å². The topological polar surface area (TPSA) is 0 Å². The Morgan fingerprint density at radius 1 is 0.226 bits per heavy atom. The average molecular weight is 665 g/mol. The molecule has 0 aromatic heterocycles. The first-order chi connectivity index (χ1) is 25.7. The average Bonchev–Trinajstić information content (AvgIpc) is 3.20. The zero-order valence-corrected chi connectivity index (χ0v) is 31.8. The molecule has 7 heteroatoms. The molecule has 0 spiro atoms. The highest BCUT2D eigenvalue weighted by Crippen LogP contribution is 2.42. The van der Waals surface area contributed by atoms with E-state index in [1.54, 1.807) is 0 Å². The summed E-state index contributed by atoms with van der Waals surface area (Å²) < 4.78 is 0. The molecule has 0 unspecified atom stereocenters. The van der Waals surface area contributed by atoms with Crippen LogP contribution in [0.5, 0.6) is 0 Å². The first-order valence-corrected chi connectivity index (χ1v) is 18.9. The van der Waals surface area contributed by atoms with Crippen LogP contribution in [0.2, 0.25) is 0 Å². The molecule has 53 heavy (non-hydrogen) atoms. The van der Waals surface area contributed by atoms with Gasteiger partial charge in [0.1, 0.15) is 54.9 Å². The zero-order chi connectivity index (χ0) is 36.5. The monoisotopic (exact) mass is 666 g/mol. The summed E-state index contributed by atoms with van der Waals surface area (Å²) in [5.74, 6) is 0. The van der Waals surface area contributed by atoms with E-state index in [9.17, 15) is 0 Å². The lowest BCUT2D eigenvalue weighted by atomic mass is 9.60. The third-order valence-electron chi connectivity index (χ3n) is 12.4. The number of hydrogen-bond acceptors (Lipinski definition) is 0. The van der Waals surface area contributed by atoms with Gasteiger partial charge in [-0.15, -0.1) is 10.9 Å². The summed E-state index contributed by atoms with van der Waals surface area (Å²) >= 11 is 0. The molecule has 0 N–H and O–H groups in total. The van der Waals surface area contributed by atoms with Crippen molar-refractivity contribution in [1.29, 1.82) is 0 Å². The molecule has 0 amide bonds. The SMILES string of the molecule is Bc1c(B)c(B)c2c(-c3ccc4ccccc4c3)c3c(B)c(-c4ccccc4)c(B)c(B)c3c(-c3ccc(-c4ccc5ccccc5c4)cc3)c2c1B. The van der Waals surface area contributed by atoms with Crippen molar-refractivity contribution in [3.63, 3.8) is 0 Å². The highest BCUT2D eigenvalue weighted by atomic mass is 14.3. The molecular weight excluding hydrogens is 628 g/mol. The third-order valence-corrected chi connectivity index (χ3v) is 12.4. The first-order valence-electron chi connectivity index (χ1n) is 18.9. The minimum Gasteiger partial charge on any atom is -0.101 e. The van der Waals surface area contributed by atoms with Gasteiger partial charge in [-0.2, -0.15) is 0 Å². The minimum atomic E-state index is 1.23. The molecule has 0 radical (unpaired) electrons. The fourth-order valence-electron chi connectivity index (χ4n) is 9.13. The van der Waals surface area contributed by atoms with Crippen LogP contribution < -0.4 is 38.2 Å². The van der Waals surface area contributed by atoms with Gasteiger partial charge < -0.3 is 0 Å².